The van der Waals surface area contributed by atoms with Crippen LogP contribution < -0.4 is 9.62 Å². The number of hydrogen-bond acceptors (Lipinski definition) is 4. The van der Waals surface area contributed by atoms with Crippen LogP contribution in [-0.2, 0) is 14.8 Å². The van der Waals surface area contributed by atoms with Gasteiger partial charge in [0.15, 0.2) is 0 Å². The van der Waals surface area contributed by atoms with Crippen LogP contribution in [0.2, 0.25) is 5.02 Å². The lowest BCUT2D eigenvalue weighted by atomic mass is 10.1. The lowest BCUT2D eigenvalue weighted by molar-refractivity contribution is -0.117. The molecule has 6 nitrogen and oxygen atoms in total. The molecule has 162 valence electrons. The minimum atomic E-state index is -3.70. The van der Waals surface area contributed by atoms with Gasteiger partial charge in [0.1, 0.15) is 0 Å². The van der Waals surface area contributed by atoms with E-state index in [0.717, 1.165) is 30.8 Å². The molecule has 1 N–H and O–H groups in total. The maximum Gasteiger partial charge on any atom is 0.240 e. The van der Waals surface area contributed by atoms with Gasteiger partial charge in [0.25, 0.3) is 0 Å². The second-order valence-electron chi connectivity index (χ2n) is 7.25. The molecule has 1 saturated heterocycles. The third kappa shape index (κ3) is 5.03. The number of halogens is 1. The molecule has 2 aromatic rings. The van der Waals surface area contributed by atoms with Crippen molar-refractivity contribution in [1.82, 2.24) is 9.62 Å². The summed E-state index contributed by atoms with van der Waals surface area (Å²) in [5, 5.41) is 0.619. The van der Waals surface area contributed by atoms with Crippen LogP contribution in [0.1, 0.15) is 38.3 Å². The zero-order valence-corrected chi connectivity index (χ0v) is 18.9. The SMILES string of the molecule is CCN(CC)C(CNS(=O)(=O)c1ccc(N2CCCC2=O)cc1)c1ccccc1Cl. The van der Waals surface area contributed by atoms with E-state index in [0.29, 0.717) is 18.0 Å². The Balaban J connectivity index is 1.77. The molecule has 1 aliphatic heterocycles. The van der Waals surface area contributed by atoms with Crippen LogP contribution in [0.5, 0.6) is 0 Å². The molecule has 0 aromatic heterocycles. The minimum Gasteiger partial charge on any atom is -0.312 e. The lowest BCUT2D eigenvalue weighted by Gasteiger charge is -2.30. The van der Waals surface area contributed by atoms with E-state index >= 15 is 0 Å². The van der Waals surface area contributed by atoms with E-state index in [-0.39, 0.29) is 23.4 Å². The number of anilines is 1. The van der Waals surface area contributed by atoms with Crippen molar-refractivity contribution in [2.75, 3.05) is 31.1 Å². The molecule has 1 atom stereocenters. The van der Waals surface area contributed by atoms with Crippen LogP contribution in [-0.4, -0.2) is 45.4 Å². The maximum absolute atomic E-state index is 12.9. The van der Waals surface area contributed by atoms with Crippen molar-refractivity contribution in [3.05, 3.63) is 59.1 Å². The predicted molar refractivity (Wildman–Crippen MR) is 120 cm³/mol. The van der Waals surface area contributed by atoms with Crippen molar-refractivity contribution in [3.63, 3.8) is 0 Å². The Morgan fingerprint density at radius 2 is 1.77 bits per heavy atom. The van der Waals surface area contributed by atoms with Crippen LogP contribution >= 0.6 is 11.6 Å². The molecular formula is C22H28ClN3O3S. The number of likely N-dealkylation sites (N-methyl/N-ethyl adjacent to an activating group) is 1. The molecule has 0 aliphatic carbocycles. The fraction of sp³-hybridized carbons (Fsp3) is 0.409. The largest absolute Gasteiger partial charge is 0.312 e. The van der Waals surface area contributed by atoms with E-state index in [9.17, 15) is 13.2 Å². The van der Waals surface area contributed by atoms with Gasteiger partial charge >= 0.3 is 0 Å². The Labute approximate surface area is 183 Å². The van der Waals surface area contributed by atoms with Gasteiger partial charge in [-0.1, -0.05) is 43.6 Å². The van der Waals surface area contributed by atoms with Gasteiger partial charge in [0.2, 0.25) is 15.9 Å². The number of nitrogens with one attached hydrogen (secondary N) is 1. The summed E-state index contributed by atoms with van der Waals surface area (Å²) >= 11 is 6.40. The second-order valence-corrected chi connectivity index (χ2v) is 9.43. The maximum atomic E-state index is 12.9. The summed E-state index contributed by atoms with van der Waals surface area (Å²) in [7, 11) is -3.70. The Morgan fingerprint density at radius 1 is 1.10 bits per heavy atom. The Morgan fingerprint density at radius 3 is 2.33 bits per heavy atom. The summed E-state index contributed by atoms with van der Waals surface area (Å²) in [6, 6.07) is 13.8. The van der Waals surface area contributed by atoms with E-state index < -0.39 is 10.0 Å². The fourth-order valence-electron chi connectivity index (χ4n) is 3.84. The Bertz CT molecular complexity index is 975. The van der Waals surface area contributed by atoms with Crippen LogP contribution in [0, 0.1) is 0 Å². The molecule has 3 rings (SSSR count). The number of rotatable bonds is 9. The molecule has 1 aliphatic rings. The topological polar surface area (TPSA) is 69.7 Å². The lowest BCUT2D eigenvalue weighted by Crippen LogP contribution is -2.38. The van der Waals surface area contributed by atoms with Gasteiger partial charge in [-0.05, 0) is 55.4 Å². The molecule has 0 spiro atoms. The number of nitrogens with zero attached hydrogens (tertiary/aromatic N) is 2. The van der Waals surface area contributed by atoms with Gasteiger partial charge in [-0.15, -0.1) is 0 Å². The highest BCUT2D eigenvalue weighted by molar-refractivity contribution is 7.89. The van der Waals surface area contributed by atoms with Gasteiger partial charge in [0, 0.05) is 36.3 Å². The van der Waals surface area contributed by atoms with Gasteiger partial charge in [-0.2, -0.15) is 0 Å². The normalized spacial score (nSPS) is 15.7. The number of carbonyl (C=O) groups excluding carboxylic acids is 1. The first-order valence-corrected chi connectivity index (χ1v) is 12.1. The minimum absolute atomic E-state index is 0.0746. The van der Waals surface area contributed by atoms with Crippen LogP contribution in [0.3, 0.4) is 0 Å². The van der Waals surface area contributed by atoms with Crippen molar-refractivity contribution in [2.45, 2.75) is 37.6 Å². The molecule has 1 fully saturated rings. The predicted octanol–water partition coefficient (Wildman–Crippen LogP) is 3.83. The van der Waals surface area contributed by atoms with Gasteiger partial charge in [-0.25, -0.2) is 13.1 Å². The molecule has 1 unspecified atom stereocenters. The van der Waals surface area contributed by atoms with Crippen LogP contribution in [0.25, 0.3) is 0 Å². The molecular weight excluding hydrogens is 422 g/mol. The smallest absolute Gasteiger partial charge is 0.240 e. The van der Waals surface area contributed by atoms with Crippen molar-refractivity contribution < 1.29 is 13.2 Å². The Kier molecular flexibility index (Phi) is 7.52. The van der Waals surface area contributed by atoms with Crippen molar-refractivity contribution >= 4 is 33.2 Å². The average molecular weight is 450 g/mol. The summed E-state index contributed by atoms with van der Waals surface area (Å²) in [6.45, 7) is 6.51. The molecule has 0 bridgehead atoms. The monoisotopic (exact) mass is 449 g/mol. The van der Waals surface area contributed by atoms with Gasteiger partial charge in [0.05, 0.1) is 4.90 Å². The zero-order chi connectivity index (χ0) is 21.7. The molecule has 2 aromatic carbocycles. The standard InChI is InChI=1S/C22H28ClN3O3S/c1-3-25(4-2)21(19-8-5-6-9-20(19)23)16-24-30(28,29)18-13-11-17(12-14-18)26-15-7-10-22(26)27/h5-6,8-9,11-14,21,24H,3-4,7,10,15-16H2,1-2H3. The van der Waals surface area contributed by atoms with Crippen molar-refractivity contribution in [1.29, 1.82) is 0 Å². The average Bonchev–Trinajstić information content (AvgIpc) is 3.18. The van der Waals surface area contributed by atoms with Gasteiger partial charge < -0.3 is 4.90 Å². The molecule has 30 heavy (non-hydrogen) atoms. The van der Waals surface area contributed by atoms with Crippen LogP contribution in [0.15, 0.2) is 53.4 Å². The van der Waals surface area contributed by atoms with E-state index in [2.05, 4.69) is 9.62 Å². The number of hydrogen-bond donors (Lipinski definition) is 1. The highest BCUT2D eigenvalue weighted by Crippen LogP contribution is 2.28. The first-order chi connectivity index (χ1) is 14.4. The second kappa shape index (κ2) is 9.92. The number of benzene rings is 2. The third-order valence-corrected chi connectivity index (χ3v) is 7.30. The van der Waals surface area contributed by atoms with E-state index in [1.165, 1.54) is 0 Å². The first kappa shape index (κ1) is 22.7. The quantitative estimate of drug-likeness (QED) is 0.631. The highest BCUT2D eigenvalue weighted by Gasteiger charge is 2.25. The summed E-state index contributed by atoms with van der Waals surface area (Å²) in [5.74, 6) is 0.0746. The Hall–Kier alpha value is -1.93. The summed E-state index contributed by atoms with van der Waals surface area (Å²) < 4.78 is 28.6. The number of sulfonamides is 1. The molecule has 0 radical (unpaired) electrons. The third-order valence-electron chi connectivity index (χ3n) is 5.52. The van der Waals surface area contributed by atoms with Crippen molar-refractivity contribution in [3.8, 4) is 0 Å². The first-order valence-electron chi connectivity index (χ1n) is 10.3. The summed E-state index contributed by atoms with van der Waals surface area (Å²) in [4.78, 5) is 15.9. The van der Waals surface area contributed by atoms with Crippen molar-refractivity contribution in [2.24, 2.45) is 0 Å². The highest BCUT2D eigenvalue weighted by atomic mass is 35.5. The van der Waals surface area contributed by atoms with E-state index in [4.69, 9.17) is 11.6 Å². The molecule has 8 heteroatoms. The number of amides is 1. The van der Waals surface area contributed by atoms with Crippen LogP contribution in [0.4, 0.5) is 5.69 Å². The molecule has 1 amide bonds. The zero-order valence-electron chi connectivity index (χ0n) is 17.3. The summed E-state index contributed by atoms with van der Waals surface area (Å²) in [6.07, 6.45) is 1.37. The molecule has 0 saturated carbocycles. The number of carbonyl (C=O) groups is 1. The van der Waals surface area contributed by atoms with E-state index in [1.807, 2.05) is 38.1 Å². The fourth-order valence-corrected chi connectivity index (χ4v) is 5.14. The summed E-state index contributed by atoms with van der Waals surface area (Å²) in [5.41, 5.74) is 1.63. The van der Waals surface area contributed by atoms with E-state index in [1.54, 1.807) is 29.2 Å². The molecule has 1 heterocycles. The van der Waals surface area contributed by atoms with Gasteiger partial charge in [-0.3, -0.25) is 9.69 Å².